The van der Waals surface area contributed by atoms with Gasteiger partial charge in [0.05, 0.1) is 12.0 Å². The van der Waals surface area contributed by atoms with Gasteiger partial charge in [0.1, 0.15) is 5.75 Å². The van der Waals surface area contributed by atoms with Crippen molar-refractivity contribution in [2.75, 3.05) is 24.6 Å². The van der Waals surface area contributed by atoms with Crippen molar-refractivity contribution in [1.29, 1.82) is 0 Å². The van der Waals surface area contributed by atoms with Crippen molar-refractivity contribution in [3.05, 3.63) is 48.8 Å². The van der Waals surface area contributed by atoms with Gasteiger partial charge in [0.15, 0.2) is 0 Å². The van der Waals surface area contributed by atoms with Gasteiger partial charge in [0.2, 0.25) is 5.95 Å². The first kappa shape index (κ1) is 16.2. The lowest BCUT2D eigenvalue weighted by atomic mass is 9.76. The summed E-state index contributed by atoms with van der Waals surface area (Å²) in [6.45, 7) is 1.68. The molecule has 1 aliphatic rings. The Hall–Kier alpha value is -2.63. The van der Waals surface area contributed by atoms with Gasteiger partial charge in [0.25, 0.3) is 0 Å². The van der Waals surface area contributed by atoms with Gasteiger partial charge in [-0.1, -0.05) is 18.2 Å². The SMILES string of the molecule is O=C(O)C1(CCOc2ccccc2)CCN(c2ncccn2)CC1. The number of carboxylic acid groups (broad SMARTS) is 1. The van der Waals surface area contributed by atoms with Gasteiger partial charge in [-0.2, -0.15) is 0 Å². The number of ether oxygens (including phenoxy) is 1. The first-order valence-electron chi connectivity index (χ1n) is 8.13. The number of aromatic nitrogens is 2. The second-order valence-corrected chi connectivity index (χ2v) is 6.03. The fourth-order valence-electron chi connectivity index (χ4n) is 3.04. The molecule has 0 spiro atoms. The predicted octanol–water partition coefficient (Wildman–Crippen LogP) is 2.62. The average Bonchev–Trinajstić information content (AvgIpc) is 2.64. The fraction of sp³-hybridized carbons (Fsp3) is 0.389. The molecule has 1 aromatic heterocycles. The first-order valence-corrected chi connectivity index (χ1v) is 8.13. The lowest BCUT2D eigenvalue weighted by Crippen LogP contribution is -2.45. The van der Waals surface area contributed by atoms with Gasteiger partial charge in [-0.15, -0.1) is 0 Å². The zero-order chi connectivity index (χ0) is 16.8. The van der Waals surface area contributed by atoms with E-state index in [-0.39, 0.29) is 0 Å². The molecule has 24 heavy (non-hydrogen) atoms. The van der Waals surface area contributed by atoms with Crippen LogP contribution < -0.4 is 9.64 Å². The van der Waals surface area contributed by atoms with Gasteiger partial charge < -0.3 is 14.7 Å². The summed E-state index contributed by atoms with van der Waals surface area (Å²) in [5.41, 5.74) is -0.736. The van der Waals surface area contributed by atoms with Crippen molar-refractivity contribution < 1.29 is 14.6 Å². The van der Waals surface area contributed by atoms with Gasteiger partial charge in [-0.3, -0.25) is 4.79 Å². The number of carboxylic acids is 1. The number of hydrogen-bond donors (Lipinski definition) is 1. The molecule has 0 unspecified atom stereocenters. The second-order valence-electron chi connectivity index (χ2n) is 6.03. The highest BCUT2D eigenvalue weighted by Gasteiger charge is 2.41. The van der Waals surface area contributed by atoms with Crippen LogP contribution in [-0.2, 0) is 4.79 Å². The minimum atomic E-state index is -0.743. The summed E-state index contributed by atoms with van der Waals surface area (Å²) < 4.78 is 5.69. The van der Waals surface area contributed by atoms with Gasteiger partial charge >= 0.3 is 5.97 Å². The summed E-state index contributed by atoms with van der Waals surface area (Å²) in [6.07, 6.45) is 5.04. The van der Waals surface area contributed by atoms with Crippen LogP contribution in [0.15, 0.2) is 48.8 Å². The van der Waals surface area contributed by atoms with Crippen LogP contribution in [0.4, 0.5) is 5.95 Å². The molecule has 2 heterocycles. The Bertz CT molecular complexity index is 650. The molecule has 0 radical (unpaired) electrons. The number of piperidine rings is 1. The van der Waals surface area contributed by atoms with Crippen LogP contribution in [0, 0.1) is 5.41 Å². The molecule has 0 amide bonds. The first-order chi connectivity index (χ1) is 11.7. The molecule has 6 heteroatoms. The lowest BCUT2D eigenvalue weighted by Gasteiger charge is -2.38. The highest BCUT2D eigenvalue weighted by atomic mass is 16.5. The molecule has 0 aliphatic carbocycles. The summed E-state index contributed by atoms with van der Waals surface area (Å²) >= 11 is 0. The van der Waals surface area contributed by atoms with Crippen molar-refractivity contribution in [3.8, 4) is 5.75 Å². The van der Waals surface area contributed by atoms with Crippen LogP contribution in [0.3, 0.4) is 0 Å². The predicted molar refractivity (Wildman–Crippen MR) is 90.1 cm³/mol. The van der Waals surface area contributed by atoms with Crippen molar-refractivity contribution in [1.82, 2.24) is 9.97 Å². The Kier molecular flexibility index (Phi) is 4.93. The highest BCUT2D eigenvalue weighted by molar-refractivity contribution is 5.75. The molecule has 0 bridgehead atoms. The molecular formula is C18H21N3O3. The summed E-state index contributed by atoms with van der Waals surface area (Å²) in [5.74, 6) is 0.693. The molecule has 1 fully saturated rings. The Morgan fingerprint density at radius 3 is 2.42 bits per heavy atom. The maximum absolute atomic E-state index is 11.9. The van der Waals surface area contributed by atoms with E-state index in [2.05, 4.69) is 9.97 Å². The minimum Gasteiger partial charge on any atom is -0.494 e. The topological polar surface area (TPSA) is 75.6 Å². The van der Waals surface area contributed by atoms with Gasteiger partial charge in [-0.05, 0) is 37.5 Å². The average molecular weight is 327 g/mol. The van der Waals surface area contributed by atoms with Crippen LogP contribution >= 0.6 is 0 Å². The lowest BCUT2D eigenvalue weighted by molar-refractivity contribution is -0.151. The van der Waals surface area contributed by atoms with E-state index in [9.17, 15) is 9.90 Å². The van der Waals surface area contributed by atoms with Gasteiger partial charge in [0, 0.05) is 25.5 Å². The Labute approximate surface area is 141 Å². The van der Waals surface area contributed by atoms with E-state index in [0.717, 1.165) is 5.75 Å². The third-order valence-corrected chi connectivity index (χ3v) is 4.60. The van der Waals surface area contributed by atoms with Crippen LogP contribution in [0.5, 0.6) is 5.75 Å². The van der Waals surface area contributed by atoms with Crippen molar-refractivity contribution in [2.24, 2.45) is 5.41 Å². The molecule has 0 saturated carbocycles. The second kappa shape index (κ2) is 7.29. The maximum atomic E-state index is 11.9. The zero-order valence-electron chi connectivity index (χ0n) is 13.5. The number of nitrogens with zero attached hydrogens (tertiary/aromatic N) is 3. The molecule has 6 nitrogen and oxygen atoms in total. The van der Waals surface area contributed by atoms with E-state index in [4.69, 9.17) is 4.74 Å². The summed E-state index contributed by atoms with van der Waals surface area (Å²) in [5, 5.41) is 9.74. The molecule has 3 rings (SSSR count). The van der Waals surface area contributed by atoms with Gasteiger partial charge in [-0.25, -0.2) is 9.97 Å². The van der Waals surface area contributed by atoms with Crippen molar-refractivity contribution in [3.63, 3.8) is 0 Å². The third kappa shape index (κ3) is 3.64. The molecule has 1 saturated heterocycles. The van der Waals surface area contributed by atoms with Crippen LogP contribution in [-0.4, -0.2) is 40.7 Å². The van der Waals surface area contributed by atoms with E-state index in [1.165, 1.54) is 0 Å². The smallest absolute Gasteiger partial charge is 0.309 e. The number of anilines is 1. The largest absolute Gasteiger partial charge is 0.494 e. The Morgan fingerprint density at radius 1 is 1.12 bits per heavy atom. The van der Waals surface area contributed by atoms with E-state index >= 15 is 0 Å². The molecule has 1 N–H and O–H groups in total. The van der Waals surface area contributed by atoms with E-state index < -0.39 is 11.4 Å². The van der Waals surface area contributed by atoms with E-state index in [1.54, 1.807) is 18.5 Å². The molecule has 126 valence electrons. The highest BCUT2D eigenvalue weighted by Crippen LogP contribution is 2.36. The molecular weight excluding hydrogens is 306 g/mol. The normalized spacial score (nSPS) is 16.6. The third-order valence-electron chi connectivity index (χ3n) is 4.60. The van der Waals surface area contributed by atoms with Crippen LogP contribution in [0.1, 0.15) is 19.3 Å². The molecule has 2 aromatic rings. The molecule has 1 aromatic carbocycles. The quantitative estimate of drug-likeness (QED) is 0.879. The standard InChI is InChI=1S/C18H21N3O3/c22-16(23)18(9-14-24-15-5-2-1-3-6-15)7-12-21(13-8-18)17-19-10-4-11-20-17/h1-6,10-11H,7-9,12-14H2,(H,22,23). The maximum Gasteiger partial charge on any atom is 0.309 e. The number of rotatable bonds is 6. The Morgan fingerprint density at radius 2 is 1.79 bits per heavy atom. The summed E-state index contributed by atoms with van der Waals surface area (Å²) in [4.78, 5) is 22.4. The number of hydrogen-bond acceptors (Lipinski definition) is 5. The van der Waals surface area contributed by atoms with E-state index in [0.29, 0.717) is 44.9 Å². The number of benzene rings is 1. The molecule has 1 aliphatic heterocycles. The minimum absolute atomic E-state index is 0.401. The number of aliphatic carboxylic acids is 1. The number of para-hydroxylation sites is 1. The fourth-order valence-corrected chi connectivity index (χ4v) is 3.04. The Balaban J connectivity index is 1.58. The van der Waals surface area contributed by atoms with Crippen molar-refractivity contribution >= 4 is 11.9 Å². The monoisotopic (exact) mass is 327 g/mol. The van der Waals surface area contributed by atoms with Crippen LogP contribution in [0.25, 0.3) is 0 Å². The zero-order valence-corrected chi connectivity index (χ0v) is 13.5. The van der Waals surface area contributed by atoms with Crippen molar-refractivity contribution in [2.45, 2.75) is 19.3 Å². The number of carbonyl (C=O) groups is 1. The summed E-state index contributed by atoms with van der Waals surface area (Å²) in [6, 6.07) is 11.3. The van der Waals surface area contributed by atoms with Crippen LogP contribution in [0.2, 0.25) is 0 Å². The summed E-state index contributed by atoms with van der Waals surface area (Å²) in [7, 11) is 0. The van der Waals surface area contributed by atoms with E-state index in [1.807, 2.05) is 35.2 Å². The molecule has 0 atom stereocenters.